The van der Waals surface area contributed by atoms with Crippen LogP contribution in [0.25, 0.3) is 0 Å². The van der Waals surface area contributed by atoms with Crippen LogP contribution >= 0.6 is 0 Å². The summed E-state index contributed by atoms with van der Waals surface area (Å²) in [6.45, 7) is 2.65. The molecule has 0 saturated carbocycles. The van der Waals surface area contributed by atoms with Gasteiger partial charge in [0.2, 0.25) is 17.1 Å². The van der Waals surface area contributed by atoms with Crippen molar-refractivity contribution in [1.82, 2.24) is 0 Å². The average molecular weight is 235 g/mol. The Balaban J connectivity index is 2.80. The molecule has 0 bridgehead atoms. The van der Waals surface area contributed by atoms with Gasteiger partial charge in [-0.05, 0) is 0 Å². The Hall–Kier alpha value is -2.04. The number of hydrogen-bond acceptors (Lipinski definition) is 4. The summed E-state index contributed by atoms with van der Waals surface area (Å²) in [6, 6.07) is 8.03. The van der Waals surface area contributed by atoms with E-state index in [0.717, 1.165) is 0 Å². The zero-order valence-corrected chi connectivity index (χ0v) is 9.67. The highest BCUT2D eigenvalue weighted by molar-refractivity contribution is 6.43. The molecular weight excluding hydrogens is 222 g/mol. The first-order valence-corrected chi connectivity index (χ1v) is 5.11. The highest BCUT2D eigenvalue weighted by Crippen LogP contribution is 2.15. The number of carbonyl (C=O) groups is 2. The van der Waals surface area contributed by atoms with Gasteiger partial charge in [0, 0.05) is 24.3 Å². The van der Waals surface area contributed by atoms with Gasteiger partial charge in [0.1, 0.15) is 0 Å². The molecule has 5 nitrogen and oxygen atoms in total. The van der Waals surface area contributed by atoms with Crippen LogP contribution in [0.2, 0.25) is 0 Å². The second kappa shape index (κ2) is 4.86. The van der Waals surface area contributed by atoms with Crippen LogP contribution in [0.4, 0.5) is 0 Å². The van der Waals surface area contributed by atoms with Crippen LogP contribution in [-0.2, 0) is 4.79 Å². The SMILES string of the molecule is CC(C)(CC(=O)C(=O)c1ccccc1)[N+](=O)[O-]. The molecule has 0 saturated heterocycles. The van der Waals surface area contributed by atoms with Gasteiger partial charge in [-0.2, -0.15) is 0 Å². The molecule has 0 radical (unpaired) electrons. The topological polar surface area (TPSA) is 77.3 Å². The summed E-state index contributed by atoms with van der Waals surface area (Å²) >= 11 is 0. The molecule has 1 aromatic rings. The Kier molecular flexibility index (Phi) is 3.73. The molecular formula is C12H13NO4. The number of rotatable bonds is 5. The number of nitrogens with zero attached hydrogens (tertiary/aromatic N) is 1. The number of benzene rings is 1. The van der Waals surface area contributed by atoms with Crippen molar-refractivity contribution in [3.8, 4) is 0 Å². The molecule has 0 aromatic heterocycles. The van der Waals surface area contributed by atoms with Gasteiger partial charge in [0.05, 0.1) is 6.42 Å². The van der Waals surface area contributed by atoms with Crippen molar-refractivity contribution in [2.75, 3.05) is 0 Å². The minimum absolute atomic E-state index is 0.261. The van der Waals surface area contributed by atoms with E-state index in [9.17, 15) is 19.7 Å². The third-order valence-electron chi connectivity index (χ3n) is 2.38. The van der Waals surface area contributed by atoms with Crippen LogP contribution in [0.3, 0.4) is 0 Å². The predicted molar refractivity (Wildman–Crippen MR) is 61.5 cm³/mol. The lowest BCUT2D eigenvalue weighted by atomic mass is 9.94. The van der Waals surface area contributed by atoms with Gasteiger partial charge in [0.15, 0.2) is 0 Å². The standard InChI is InChI=1S/C12H13NO4/c1-12(2,13(16)17)8-10(14)11(15)9-6-4-3-5-7-9/h3-7H,8H2,1-2H3. The minimum Gasteiger partial charge on any atom is -0.290 e. The van der Waals surface area contributed by atoms with Crippen molar-refractivity contribution in [2.24, 2.45) is 0 Å². The van der Waals surface area contributed by atoms with E-state index in [1.807, 2.05) is 0 Å². The Morgan fingerprint density at radius 1 is 1.24 bits per heavy atom. The first-order chi connectivity index (χ1) is 7.84. The molecule has 0 fully saturated rings. The van der Waals surface area contributed by atoms with Crippen molar-refractivity contribution in [3.05, 3.63) is 46.0 Å². The second-order valence-electron chi connectivity index (χ2n) is 4.36. The van der Waals surface area contributed by atoms with Gasteiger partial charge in [0.25, 0.3) is 0 Å². The molecule has 17 heavy (non-hydrogen) atoms. The average Bonchev–Trinajstić information content (AvgIpc) is 2.28. The van der Waals surface area contributed by atoms with Gasteiger partial charge in [-0.15, -0.1) is 0 Å². The maximum absolute atomic E-state index is 11.7. The molecule has 0 spiro atoms. The molecule has 90 valence electrons. The van der Waals surface area contributed by atoms with Crippen molar-refractivity contribution < 1.29 is 14.5 Å². The monoisotopic (exact) mass is 235 g/mol. The summed E-state index contributed by atoms with van der Waals surface area (Å²) in [5.74, 6) is -1.42. The number of ketones is 2. The van der Waals surface area contributed by atoms with Gasteiger partial charge >= 0.3 is 0 Å². The maximum atomic E-state index is 11.7. The van der Waals surface area contributed by atoms with Gasteiger partial charge in [-0.1, -0.05) is 30.3 Å². The Morgan fingerprint density at radius 3 is 2.24 bits per heavy atom. The Bertz CT molecular complexity index is 451. The fourth-order valence-electron chi connectivity index (χ4n) is 1.29. The van der Waals surface area contributed by atoms with Crippen molar-refractivity contribution >= 4 is 11.6 Å². The molecule has 5 heteroatoms. The van der Waals surface area contributed by atoms with Crippen LogP contribution in [-0.4, -0.2) is 22.0 Å². The van der Waals surface area contributed by atoms with E-state index >= 15 is 0 Å². The third-order valence-corrected chi connectivity index (χ3v) is 2.38. The van der Waals surface area contributed by atoms with Crippen LogP contribution in [0, 0.1) is 10.1 Å². The molecule has 1 aromatic carbocycles. The highest BCUT2D eigenvalue weighted by Gasteiger charge is 2.36. The quantitative estimate of drug-likeness (QED) is 0.338. The van der Waals surface area contributed by atoms with E-state index in [1.54, 1.807) is 18.2 Å². The van der Waals surface area contributed by atoms with Crippen LogP contribution in [0.5, 0.6) is 0 Å². The van der Waals surface area contributed by atoms with E-state index in [-0.39, 0.29) is 5.56 Å². The van der Waals surface area contributed by atoms with Crippen LogP contribution in [0.1, 0.15) is 30.6 Å². The zero-order chi connectivity index (χ0) is 13.1. The van der Waals surface area contributed by atoms with Gasteiger partial charge in [-0.3, -0.25) is 19.7 Å². The first kappa shape index (κ1) is 13.0. The number of nitro groups is 1. The molecule has 0 heterocycles. The van der Waals surface area contributed by atoms with Crippen molar-refractivity contribution in [3.63, 3.8) is 0 Å². The molecule has 1 rings (SSSR count). The third kappa shape index (κ3) is 3.21. The van der Waals surface area contributed by atoms with Gasteiger partial charge < -0.3 is 0 Å². The lowest BCUT2D eigenvalue weighted by molar-refractivity contribution is -0.558. The number of carbonyl (C=O) groups excluding carboxylic acids is 2. The zero-order valence-electron chi connectivity index (χ0n) is 9.67. The first-order valence-electron chi connectivity index (χ1n) is 5.11. The summed E-state index contributed by atoms with van der Waals surface area (Å²) in [4.78, 5) is 33.4. The van der Waals surface area contributed by atoms with E-state index in [0.29, 0.717) is 0 Å². The van der Waals surface area contributed by atoms with E-state index in [4.69, 9.17) is 0 Å². The molecule has 0 aliphatic carbocycles. The Labute approximate surface area is 98.6 Å². The number of hydrogen-bond donors (Lipinski definition) is 0. The largest absolute Gasteiger partial charge is 0.290 e. The normalized spacial score (nSPS) is 10.9. The van der Waals surface area contributed by atoms with E-state index in [2.05, 4.69) is 0 Å². The minimum atomic E-state index is -1.42. The lowest BCUT2D eigenvalue weighted by Gasteiger charge is -2.13. The van der Waals surface area contributed by atoms with Crippen LogP contribution in [0.15, 0.2) is 30.3 Å². The second-order valence-corrected chi connectivity index (χ2v) is 4.36. The summed E-state index contributed by atoms with van der Waals surface area (Å²) < 4.78 is 0. The van der Waals surface area contributed by atoms with E-state index < -0.39 is 28.4 Å². The number of Topliss-reactive ketones (excluding diaryl/α,β-unsaturated/α-hetero) is 2. The molecule has 0 aliphatic rings. The fourth-order valence-corrected chi connectivity index (χ4v) is 1.29. The highest BCUT2D eigenvalue weighted by atomic mass is 16.6. The summed E-state index contributed by atoms with van der Waals surface area (Å²) in [6.07, 6.45) is -0.395. The van der Waals surface area contributed by atoms with Gasteiger partial charge in [-0.25, -0.2) is 0 Å². The summed E-state index contributed by atoms with van der Waals surface area (Å²) in [5, 5.41) is 10.7. The predicted octanol–water partition coefficient (Wildman–Crippen LogP) is 1.88. The molecule has 0 atom stereocenters. The lowest BCUT2D eigenvalue weighted by Crippen LogP contribution is -2.35. The molecule has 0 amide bonds. The maximum Gasteiger partial charge on any atom is 0.228 e. The summed E-state index contributed by atoms with van der Waals surface area (Å²) in [5.41, 5.74) is -1.15. The molecule has 0 unspecified atom stereocenters. The Morgan fingerprint density at radius 2 is 1.76 bits per heavy atom. The van der Waals surface area contributed by atoms with Crippen molar-refractivity contribution in [1.29, 1.82) is 0 Å². The smallest absolute Gasteiger partial charge is 0.228 e. The molecule has 0 N–H and O–H groups in total. The van der Waals surface area contributed by atoms with E-state index in [1.165, 1.54) is 26.0 Å². The van der Waals surface area contributed by atoms with Crippen LogP contribution < -0.4 is 0 Å². The summed E-state index contributed by atoms with van der Waals surface area (Å²) in [7, 11) is 0. The molecule has 0 aliphatic heterocycles. The van der Waals surface area contributed by atoms with Crippen molar-refractivity contribution in [2.45, 2.75) is 25.8 Å². The fraction of sp³-hybridized carbons (Fsp3) is 0.333.